The Morgan fingerprint density at radius 1 is 1.39 bits per heavy atom. The molecule has 0 saturated carbocycles. The van der Waals surface area contributed by atoms with Crippen LogP contribution in [0.2, 0.25) is 0 Å². The van der Waals surface area contributed by atoms with Crippen LogP contribution in [0.3, 0.4) is 0 Å². The maximum atomic E-state index is 5.61. The van der Waals surface area contributed by atoms with Crippen LogP contribution in [-0.2, 0) is 11.3 Å². The molecule has 0 fully saturated rings. The van der Waals surface area contributed by atoms with Crippen molar-refractivity contribution in [2.24, 2.45) is 0 Å². The Bertz CT molecular complexity index is 539. The van der Waals surface area contributed by atoms with Crippen molar-refractivity contribution in [1.82, 2.24) is 10.1 Å². The van der Waals surface area contributed by atoms with E-state index < -0.39 is 0 Å². The van der Waals surface area contributed by atoms with Crippen molar-refractivity contribution in [2.75, 3.05) is 13.7 Å². The predicted octanol–water partition coefficient (Wildman–Crippen LogP) is 2.13. The largest absolute Gasteiger partial charge is 0.493 e. The van der Waals surface area contributed by atoms with Gasteiger partial charge in [0.05, 0.1) is 12.5 Å². The fourth-order valence-corrected chi connectivity index (χ4v) is 2.20. The third-order valence-electron chi connectivity index (χ3n) is 3.01. The Hall–Kier alpha value is -1.88. The van der Waals surface area contributed by atoms with Crippen molar-refractivity contribution in [3.8, 4) is 5.75 Å². The van der Waals surface area contributed by atoms with Crippen molar-refractivity contribution in [2.45, 2.75) is 18.9 Å². The standard InChI is InChI=1S/C13H14N2O3/c1-16-8-12-14-13(18-15-12)10-6-7-17-11-5-3-2-4-9(10)11/h2-5,10H,6-8H2,1H3/t10-/m1/s1. The van der Waals surface area contributed by atoms with Gasteiger partial charge in [-0.3, -0.25) is 0 Å². The molecule has 0 bridgehead atoms. The van der Waals surface area contributed by atoms with Crippen LogP contribution in [0.1, 0.15) is 29.6 Å². The van der Waals surface area contributed by atoms with E-state index in [-0.39, 0.29) is 5.92 Å². The number of hydrogen-bond donors (Lipinski definition) is 0. The molecule has 1 aromatic carbocycles. The fraction of sp³-hybridized carbons (Fsp3) is 0.385. The molecule has 5 heteroatoms. The summed E-state index contributed by atoms with van der Waals surface area (Å²) in [6.07, 6.45) is 0.853. The van der Waals surface area contributed by atoms with E-state index in [2.05, 4.69) is 10.1 Å². The summed E-state index contributed by atoms with van der Waals surface area (Å²) in [6, 6.07) is 7.96. The van der Waals surface area contributed by atoms with Crippen LogP contribution >= 0.6 is 0 Å². The average Bonchev–Trinajstić information content (AvgIpc) is 2.87. The molecule has 0 radical (unpaired) electrons. The topological polar surface area (TPSA) is 57.4 Å². The van der Waals surface area contributed by atoms with Crippen molar-refractivity contribution >= 4 is 0 Å². The Morgan fingerprint density at radius 2 is 2.28 bits per heavy atom. The Morgan fingerprint density at radius 3 is 3.17 bits per heavy atom. The number of fused-ring (bicyclic) bond motifs is 1. The van der Waals surface area contributed by atoms with Gasteiger partial charge in [-0.25, -0.2) is 0 Å². The minimum Gasteiger partial charge on any atom is -0.493 e. The second kappa shape index (κ2) is 4.78. The summed E-state index contributed by atoms with van der Waals surface area (Å²) in [5, 5.41) is 3.90. The second-order valence-electron chi connectivity index (χ2n) is 4.21. The van der Waals surface area contributed by atoms with Crippen LogP contribution in [0.5, 0.6) is 5.75 Å². The van der Waals surface area contributed by atoms with Crippen molar-refractivity contribution in [1.29, 1.82) is 0 Å². The molecular weight excluding hydrogens is 232 g/mol. The minimum atomic E-state index is 0.119. The lowest BCUT2D eigenvalue weighted by Crippen LogP contribution is -2.15. The van der Waals surface area contributed by atoms with E-state index in [4.69, 9.17) is 14.0 Å². The normalized spacial score (nSPS) is 18.2. The van der Waals surface area contributed by atoms with Gasteiger partial charge in [0.25, 0.3) is 0 Å². The molecule has 0 spiro atoms. The van der Waals surface area contributed by atoms with Gasteiger partial charge < -0.3 is 14.0 Å². The molecule has 2 heterocycles. The summed E-state index contributed by atoms with van der Waals surface area (Å²) < 4.78 is 15.9. The number of ether oxygens (including phenoxy) is 2. The summed E-state index contributed by atoms with van der Waals surface area (Å²) in [5.74, 6) is 2.24. The zero-order valence-corrected chi connectivity index (χ0v) is 10.1. The Labute approximate surface area is 105 Å². The van der Waals surface area contributed by atoms with Gasteiger partial charge >= 0.3 is 0 Å². The first-order valence-corrected chi connectivity index (χ1v) is 5.91. The van der Waals surface area contributed by atoms with Crippen LogP contribution < -0.4 is 4.74 Å². The molecule has 5 nitrogen and oxygen atoms in total. The summed E-state index contributed by atoms with van der Waals surface area (Å²) in [6.45, 7) is 1.04. The van der Waals surface area contributed by atoms with Gasteiger partial charge in [-0.2, -0.15) is 4.98 Å². The van der Waals surface area contributed by atoms with Crippen molar-refractivity contribution < 1.29 is 14.0 Å². The fourth-order valence-electron chi connectivity index (χ4n) is 2.20. The van der Waals surface area contributed by atoms with E-state index in [0.717, 1.165) is 17.7 Å². The molecule has 0 aliphatic carbocycles. The molecule has 3 rings (SSSR count). The molecule has 1 aliphatic rings. The third-order valence-corrected chi connectivity index (χ3v) is 3.01. The molecule has 1 aliphatic heterocycles. The predicted molar refractivity (Wildman–Crippen MR) is 63.4 cm³/mol. The molecular formula is C13H14N2O3. The molecule has 18 heavy (non-hydrogen) atoms. The maximum absolute atomic E-state index is 5.61. The van der Waals surface area contributed by atoms with Crippen LogP contribution in [-0.4, -0.2) is 23.9 Å². The monoisotopic (exact) mass is 246 g/mol. The summed E-state index contributed by atoms with van der Waals surface area (Å²) in [4.78, 5) is 4.36. The van der Waals surface area contributed by atoms with Gasteiger partial charge in [0.15, 0.2) is 5.82 Å². The zero-order chi connectivity index (χ0) is 12.4. The highest BCUT2D eigenvalue weighted by Gasteiger charge is 2.27. The highest BCUT2D eigenvalue weighted by Crippen LogP contribution is 2.36. The third kappa shape index (κ3) is 1.97. The number of methoxy groups -OCH3 is 1. The highest BCUT2D eigenvalue weighted by molar-refractivity contribution is 5.40. The Kier molecular flexibility index (Phi) is 2.98. The quantitative estimate of drug-likeness (QED) is 0.830. The van der Waals surface area contributed by atoms with Crippen molar-refractivity contribution in [3.05, 3.63) is 41.5 Å². The summed E-state index contributed by atoms with van der Waals surface area (Å²) in [7, 11) is 1.61. The molecule has 1 atom stereocenters. The average molecular weight is 246 g/mol. The molecule has 2 aromatic rings. The van der Waals surface area contributed by atoms with Crippen LogP contribution in [0.4, 0.5) is 0 Å². The zero-order valence-electron chi connectivity index (χ0n) is 10.1. The van der Waals surface area contributed by atoms with E-state index in [1.165, 1.54) is 0 Å². The van der Waals surface area contributed by atoms with Gasteiger partial charge in [0, 0.05) is 12.7 Å². The molecule has 0 unspecified atom stereocenters. The van der Waals surface area contributed by atoms with Crippen LogP contribution in [0.25, 0.3) is 0 Å². The first-order valence-electron chi connectivity index (χ1n) is 5.91. The van der Waals surface area contributed by atoms with E-state index in [0.29, 0.717) is 24.9 Å². The first kappa shape index (κ1) is 11.2. The molecule has 0 saturated heterocycles. The smallest absolute Gasteiger partial charge is 0.234 e. The molecule has 1 aromatic heterocycles. The van der Waals surface area contributed by atoms with Gasteiger partial charge in [0.2, 0.25) is 5.89 Å². The van der Waals surface area contributed by atoms with E-state index in [1.807, 2.05) is 24.3 Å². The van der Waals surface area contributed by atoms with E-state index in [1.54, 1.807) is 7.11 Å². The number of rotatable bonds is 3. The van der Waals surface area contributed by atoms with Crippen LogP contribution in [0, 0.1) is 0 Å². The van der Waals surface area contributed by atoms with Crippen LogP contribution in [0.15, 0.2) is 28.8 Å². The molecule has 94 valence electrons. The number of hydrogen-bond acceptors (Lipinski definition) is 5. The molecule has 0 amide bonds. The maximum Gasteiger partial charge on any atom is 0.234 e. The first-order chi connectivity index (χ1) is 8.88. The SMILES string of the molecule is COCc1noc([C@@H]2CCOc3ccccc32)n1. The second-order valence-corrected chi connectivity index (χ2v) is 4.21. The number of nitrogens with zero attached hydrogens (tertiary/aromatic N) is 2. The number of para-hydroxylation sites is 1. The van der Waals surface area contributed by atoms with E-state index in [9.17, 15) is 0 Å². The number of benzene rings is 1. The van der Waals surface area contributed by atoms with Gasteiger partial charge in [0.1, 0.15) is 12.4 Å². The highest BCUT2D eigenvalue weighted by atomic mass is 16.5. The molecule has 0 N–H and O–H groups in total. The minimum absolute atomic E-state index is 0.119. The lowest BCUT2D eigenvalue weighted by Gasteiger charge is -2.22. The van der Waals surface area contributed by atoms with E-state index >= 15 is 0 Å². The summed E-state index contributed by atoms with van der Waals surface area (Å²) in [5.41, 5.74) is 1.11. The lowest BCUT2D eigenvalue weighted by atomic mass is 9.93. The van der Waals surface area contributed by atoms with Gasteiger partial charge in [-0.1, -0.05) is 23.4 Å². The summed E-state index contributed by atoms with van der Waals surface area (Å²) >= 11 is 0. The van der Waals surface area contributed by atoms with Gasteiger partial charge in [-0.05, 0) is 12.5 Å². The van der Waals surface area contributed by atoms with Gasteiger partial charge in [-0.15, -0.1) is 0 Å². The van der Waals surface area contributed by atoms with Crippen molar-refractivity contribution in [3.63, 3.8) is 0 Å². The Balaban J connectivity index is 1.92. The lowest BCUT2D eigenvalue weighted by molar-refractivity contribution is 0.174. The number of aromatic nitrogens is 2.